The smallest absolute Gasteiger partial charge is 0.245 e. The summed E-state index contributed by atoms with van der Waals surface area (Å²) in [5.74, 6) is -0.208. The number of likely N-dealkylation sites (N-methyl/N-ethyl adjacent to an activating group) is 1. The molecule has 0 aliphatic rings. The molecule has 0 radical (unpaired) electrons. The first-order chi connectivity index (χ1) is 7.81. The second kappa shape index (κ2) is 5.52. The van der Waals surface area contributed by atoms with Gasteiger partial charge in [-0.2, -0.15) is 0 Å². The number of nitrogens with zero attached hydrogens (tertiary/aromatic N) is 1. The maximum atomic E-state index is 12.0. The number of alkyl halides is 1. The van der Waals surface area contributed by atoms with Crippen LogP contribution in [0.15, 0.2) is 30.3 Å². The molecule has 0 aliphatic heterocycles. The van der Waals surface area contributed by atoms with E-state index in [9.17, 15) is 9.90 Å². The van der Waals surface area contributed by atoms with Gasteiger partial charge in [0.25, 0.3) is 0 Å². The summed E-state index contributed by atoms with van der Waals surface area (Å²) in [6.07, 6.45) is 0. The molecule has 17 heavy (non-hydrogen) atoms. The van der Waals surface area contributed by atoms with Gasteiger partial charge in [-0.25, -0.2) is 0 Å². The van der Waals surface area contributed by atoms with Gasteiger partial charge in [-0.15, -0.1) is 11.6 Å². The zero-order valence-corrected chi connectivity index (χ0v) is 11.1. The van der Waals surface area contributed by atoms with Crippen LogP contribution in [0.25, 0.3) is 0 Å². The van der Waals surface area contributed by atoms with Gasteiger partial charge in [0.2, 0.25) is 5.91 Å². The Labute approximate surface area is 107 Å². The molecule has 0 heterocycles. The number of hydrogen-bond acceptors (Lipinski definition) is 2. The highest BCUT2D eigenvalue weighted by molar-refractivity contribution is 6.30. The Morgan fingerprint density at radius 3 is 2.41 bits per heavy atom. The molecule has 1 amide bonds. The zero-order valence-electron chi connectivity index (χ0n) is 10.4. The van der Waals surface area contributed by atoms with Crippen LogP contribution >= 0.6 is 11.6 Å². The molecule has 94 valence electrons. The number of halogens is 1. The van der Waals surface area contributed by atoms with Crippen LogP contribution in [0.5, 0.6) is 0 Å². The fourth-order valence-electron chi connectivity index (χ4n) is 1.62. The first-order valence-corrected chi connectivity index (χ1v) is 5.91. The molecule has 0 saturated heterocycles. The van der Waals surface area contributed by atoms with Crippen molar-refractivity contribution >= 4 is 17.5 Å². The first-order valence-electron chi connectivity index (χ1n) is 5.47. The van der Waals surface area contributed by atoms with Gasteiger partial charge in [-0.1, -0.05) is 30.3 Å². The number of benzene rings is 1. The monoisotopic (exact) mass is 255 g/mol. The van der Waals surface area contributed by atoms with E-state index in [1.807, 2.05) is 30.3 Å². The molecule has 0 aromatic heterocycles. The van der Waals surface area contributed by atoms with Crippen molar-refractivity contribution in [2.24, 2.45) is 0 Å². The zero-order chi connectivity index (χ0) is 13.1. The number of amides is 1. The fraction of sp³-hybridized carbons (Fsp3) is 0.462. The van der Waals surface area contributed by atoms with Crippen molar-refractivity contribution in [1.29, 1.82) is 0 Å². The first kappa shape index (κ1) is 14.0. The summed E-state index contributed by atoms with van der Waals surface area (Å²) < 4.78 is 0. The van der Waals surface area contributed by atoms with E-state index in [-0.39, 0.29) is 12.5 Å². The van der Waals surface area contributed by atoms with Crippen molar-refractivity contribution in [2.75, 3.05) is 13.6 Å². The van der Waals surface area contributed by atoms with Gasteiger partial charge < -0.3 is 10.0 Å². The number of rotatable bonds is 4. The quantitative estimate of drug-likeness (QED) is 0.838. The Hall–Kier alpha value is -1.06. The molecule has 1 atom stereocenters. The molecule has 1 aromatic carbocycles. The number of aliphatic hydroxyl groups is 1. The second-order valence-corrected chi connectivity index (χ2v) is 5.22. The predicted molar refractivity (Wildman–Crippen MR) is 69.0 cm³/mol. The van der Waals surface area contributed by atoms with Crippen molar-refractivity contribution in [3.05, 3.63) is 35.9 Å². The van der Waals surface area contributed by atoms with E-state index in [1.54, 1.807) is 20.9 Å². The molecule has 0 spiro atoms. The van der Waals surface area contributed by atoms with Gasteiger partial charge in [-0.3, -0.25) is 4.79 Å². The van der Waals surface area contributed by atoms with Crippen LogP contribution in [0.2, 0.25) is 0 Å². The van der Waals surface area contributed by atoms with E-state index in [1.165, 1.54) is 4.90 Å². The largest absolute Gasteiger partial charge is 0.389 e. The van der Waals surface area contributed by atoms with E-state index in [0.29, 0.717) is 0 Å². The van der Waals surface area contributed by atoms with E-state index >= 15 is 0 Å². The summed E-state index contributed by atoms with van der Waals surface area (Å²) in [6.45, 7) is 3.56. The maximum Gasteiger partial charge on any atom is 0.245 e. The molecule has 0 fully saturated rings. The summed E-state index contributed by atoms with van der Waals surface area (Å²) in [5, 5.41) is 8.95. The highest BCUT2D eigenvalue weighted by atomic mass is 35.5. The average Bonchev–Trinajstić information content (AvgIpc) is 2.26. The number of hydrogen-bond donors (Lipinski definition) is 1. The van der Waals surface area contributed by atoms with E-state index in [2.05, 4.69) is 0 Å². The average molecular weight is 256 g/mol. The van der Waals surface area contributed by atoms with Crippen molar-refractivity contribution in [3.63, 3.8) is 0 Å². The minimum Gasteiger partial charge on any atom is -0.389 e. The van der Waals surface area contributed by atoms with Gasteiger partial charge >= 0.3 is 0 Å². The summed E-state index contributed by atoms with van der Waals surface area (Å²) in [7, 11) is 1.64. The van der Waals surface area contributed by atoms with Crippen LogP contribution < -0.4 is 0 Å². The van der Waals surface area contributed by atoms with Crippen LogP contribution in [0, 0.1) is 0 Å². The maximum absolute atomic E-state index is 12.0. The lowest BCUT2D eigenvalue weighted by Gasteiger charge is -2.27. The third-order valence-electron chi connectivity index (χ3n) is 2.31. The van der Waals surface area contributed by atoms with Crippen molar-refractivity contribution in [2.45, 2.75) is 24.8 Å². The standard InChI is InChI=1S/C13H18ClNO2/c1-13(2,17)9-15(3)12(16)11(14)10-7-5-4-6-8-10/h4-8,11,17H,9H2,1-3H3. The van der Waals surface area contributed by atoms with Crippen molar-refractivity contribution in [1.82, 2.24) is 4.90 Å². The minimum absolute atomic E-state index is 0.208. The molecule has 0 aliphatic carbocycles. The van der Waals surface area contributed by atoms with Crippen LogP contribution in [0.4, 0.5) is 0 Å². The van der Waals surface area contributed by atoms with Gasteiger partial charge in [0.1, 0.15) is 5.38 Å². The molecule has 1 rings (SSSR count). The second-order valence-electron chi connectivity index (χ2n) is 4.78. The molecule has 4 heteroatoms. The summed E-state index contributed by atoms with van der Waals surface area (Å²) in [4.78, 5) is 13.5. The van der Waals surface area contributed by atoms with Gasteiger partial charge in [0, 0.05) is 13.6 Å². The normalized spacial score (nSPS) is 13.2. The Balaban J connectivity index is 2.71. The van der Waals surface area contributed by atoms with Gasteiger partial charge in [-0.05, 0) is 19.4 Å². The Bertz CT molecular complexity index is 373. The third-order valence-corrected chi connectivity index (χ3v) is 2.75. The molecule has 1 unspecified atom stereocenters. The Morgan fingerprint density at radius 2 is 1.94 bits per heavy atom. The molecule has 0 saturated carbocycles. The van der Waals surface area contributed by atoms with Crippen LogP contribution in [0.3, 0.4) is 0 Å². The van der Waals surface area contributed by atoms with E-state index in [4.69, 9.17) is 11.6 Å². The molecule has 3 nitrogen and oxygen atoms in total. The number of carbonyl (C=O) groups excluding carboxylic acids is 1. The SMILES string of the molecule is CN(CC(C)(C)O)C(=O)C(Cl)c1ccccc1. The molecule has 1 aromatic rings. The Morgan fingerprint density at radius 1 is 1.41 bits per heavy atom. The molecule has 0 bridgehead atoms. The predicted octanol–water partition coefficient (Wildman–Crippen LogP) is 2.20. The van der Waals surface area contributed by atoms with Crippen molar-refractivity contribution < 1.29 is 9.90 Å². The Kier molecular flexibility index (Phi) is 4.54. The van der Waals surface area contributed by atoms with Crippen LogP contribution in [-0.2, 0) is 4.79 Å². The molecular weight excluding hydrogens is 238 g/mol. The summed E-state index contributed by atoms with van der Waals surface area (Å²) >= 11 is 6.11. The highest BCUT2D eigenvalue weighted by Gasteiger charge is 2.25. The summed E-state index contributed by atoms with van der Waals surface area (Å²) in [5.41, 5.74) is -0.153. The highest BCUT2D eigenvalue weighted by Crippen LogP contribution is 2.22. The molecule has 1 N–H and O–H groups in total. The lowest BCUT2D eigenvalue weighted by atomic mass is 10.1. The van der Waals surface area contributed by atoms with E-state index < -0.39 is 11.0 Å². The van der Waals surface area contributed by atoms with Crippen molar-refractivity contribution in [3.8, 4) is 0 Å². The number of carbonyl (C=O) groups is 1. The lowest BCUT2D eigenvalue weighted by Crippen LogP contribution is -2.41. The fourth-order valence-corrected chi connectivity index (χ4v) is 1.93. The minimum atomic E-state index is -0.919. The summed E-state index contributed by atoms with van der Waals surface area (Å²) in [6, 6.07) is 9.18. The topological polar surface area (TPSA) is 40.5 Å². The third kappa shape index (κ3) is 4.36. The van der Waals surface area contributed by atoms with Gasteiger partial charge in [0.05, 0.1) is 5.60 Å². The van der Waals surface area contributed by atoms with Gasteiger partial charge in [0.15, 0.2) is 0 Å². The van der Waals surface area contributed by atoms with Crippen LogP contribution in [-0.4, -0.2) is 35.1 Å². The molecular formula is C13H18ClNO2. The van der Waals surface area contributed by atoms with Crippen LogP contribution in [0.1, 0.15) is 24.8 Å². The lowest BCUT2D eigenvalue weighted by molar-refractivity contribution is -0.132. The van der Waals surface area contributed by atoms with E-state index in [0.717, 1.165) is 5.56 Å².